The number of benzene rings is 1. The van der Waals surface area contributed by atoms with Crippen LogP contribution in [0.2, 0.25) is 5.02 Å². The first-order valence-corrected chi connectivity index (χ1v) is 5.35. The van der Waals surface area contributed by atoms with Gasteiger partial charge in [-0.05, 0) is 24.3 Å². The molecule has 0 radical (unpaired) electrons. The lowest BCUT2D eigenvalue weighted by Crippen LogP contribution is -2.45. The van der Waals surface area contributed by atoms with Gasteiger partial charge in [0, 0.05) is 10.6 Å². The summed E-state index contributed by atoms with van der Waals surface area (Å²) in [5, 5.41) is 11.3. The van der Waals surface area contributed by atoms with Crippen LogP contribution in [0.1, 0.15) is 16.8 Å². The van der Waals surface area contributed by atoms with Gasteiger partial charge in [-0.1, -0.05) is 11.6 Å². The molecular weight excluding hydrogens is 260 g/mol. The van der Waals surface area contributed by atoms with Gasteiger partial charge in [-0.25, -0.2) is 0 Å². The van der Waals surface area contributed by atoms with Crippen LogP contribution in [-0.4, -0.2) is 28.9 Å². The Balaban J connectivity index is 2.75. The number of hydrogen-bond donors (Lipinski definition) is 3. The molecule has 6 nitrogen and oxygen atoms in total. The second kappa shape index (κ2) is 6.02. The van der Waals surface area contributed by atoms with Gasteiger partial charge in [-0.2, -0.15) is 0 Å². The normalized spacial score (nSPS) is 11.6. The van der Waals surface area contributed by atoms with Crippen molar-refractivity contribution in [1.29, 1.82) is 0 Å². The van der Waals surface area contributed by atoms with Gasteiger partial charge in [0.1, 0.15) is 6.04 Å². The van der Waals surface area contributed by atoms with Crippen LogP contribution in [-0.2, 0) is 9.59 Å². The number of carboxylic acid groups (broad SMARTS) is 1. The van der Waals surface area contributed by atoms with E-state index in [4.69, 9.17) is 22.4 Å². The van der Waals surface area contributed by atoms with Gasteiger partial charge in [-0.15, -0.1) is 0 Å². The number of halogens is 1. The number of hydrogen-bond acceptors (Lipinski definition) is 3. The first kappa shape index (κ1) is 14.0. The highest BCUT2D eigenvalue weighted by atomic mass is 35.5. The third kappa shape index (κ3) is 4.06. The van der Waals surface area contributed by atoms with Crippen LogP contribution in [0.3, 0.4) is 0 Å². The molecule has 0 aromatic heterocycles. The molecule has 96 valence electrons. The monoisotopic (exact) mass is 270 g/mol. The smallest absolute Gasteiger partial charge is 0.305 e. The van der Waals surface area contributed by atoms with Gasteiger partial charge in [0.05, 0.1) is 6.42 Å². The predicted octanol–water partition coefficient (Wildman–Crippen LogP) is 0.398. The molecular formula is C11H11ClN2O4. The third-order valence-corrected chi connectivity index (χ3v) is 2.39. The van der Waals surface area contributed by atoms with Crippen LogP contribution in [0, 0.1) is 0 Å². The number of rotatable bonds is 5. The number of aliphatic carboxylic acids is 1. The molecule has 1 rings (SSSR count). The maximum atomic E-state index is 11.7. The minimum atomic E-state index is -1.24. The lowest BCUT2D eigenvalue weighted by Gasteiger charge is -2.13. The molecule has 7 heteroatoms. The predicted molar refractivity (Wildman–Crippen MR) is 64.2 cm³/mol. The minimum Gasteiger partial charge on any atom is -0.481 e. The number of carbonyl (C=O) groups is 3. The zero-order chi connectivity index (χ0) is 13.7. The Hall–Kier alpha value is -2.08. The molecule has 1 aromatic rings. The summed E-state index contributed by atoms with van der Waals surface area (Å²) in [7, 11) is 0. The van der Waals surface area contributed by atoms with Crippen molar-refractivity contribution < 1.29 is 19.5 Å². The molecule has 1 atom stereocenters. The molecule has 0 bridgehead atoms. The summed E-state index contributed by atoms with van der Waals surface area (Å²) >= 11 is 5.66. The summed E-state index contributed by atoms with van der Waals surface area (Å²) in [5.41, 5.74) is 5.26. The Morgan fingerprint density at radius 3 is 2.28 bits per heavy atom. The van der Waals surface area contributed by atoms with Crippen LogP contribution in [0.5, 0.6) is 0 Å². The van der Waals surface area contributed by atoms with E-state index >= 15 is 0 Å². The van der Waals surface area contributed by atoms with Crippen molar-refractivity contribution in [2.45, 2.75) is 12.5 Å². The fourth-order valence-electron chi connectivity index (χ4n) is 1.24. The Morgan fingerprint density at radius 1 is 1.28 bits per heavy atom. The lowest BCUT2D eigenvalue weighted by molar-refractivity contribution is -0.139. The summed E-state index contributed by atoms with van der Waals surface area (Å²) in [5.74, 6) is -2.72. The topological polar surface area (TPSA) is 109 Å². The summed E-state index contributed by atoms with van der Waals surface area (Å²) in [4.78, 5) is 33.2. The summed E-state index contributed by atoms with van der Waals surface area (Å²) in [6.07, 6.45) is -0.561. The van der Waals surface area contributed by atoms with E-state index in [9.17, 15) is 14.4 Å². The molecule has 1 aromatic carbocycles. The van der Waals surface area contributed by atoms with Gasteiger partial charge in [0.25, 0.3) is 5.91 Å². The fourth-order valence-corrected chi connectivity index (χ4v) is 1.37. The second-order valence-electron chi connectivity index (χ2n) is 3.53. The van der Waals surface area contributed by atoms with Crippen LogP contribution in [0.4, 0.5) is 0 Å². The number of nitrogens with two attached hydrogens (primary N) is 1. The Morgan fingerprint density at radius 2 is 1.83 bits per heavy atom. The molecule has 0 spiro atoms. The highest BCUT2D eigenvalue weighted by molar-refractivity contribution is 6.30. The maximum Gasteiger partial charge on any atom is 0.305 e. The van der Waals surface area contributed by atoms with E-state index in [1.54, 1.807) is 0 Å². The van der Waals surface area contributed by atoms with E-state index in [0.717, 1.165) is 0 Å². The molecule has 0 aliphatic rings. The average molecular weight is 271 g/mol. The molecule has 0 unspecified atom stereocenters. The summed E-state index contributed by atoms with van der Waals surface area (Å²) in [6.45, 7) is 0. The summed E-state index contributed by atoms with van der Waals surface area (Å²) < 4.78 is 0. The van der Waals surface area contributed by atoms with Crippen molar-refractivity contribution in [3.05, 3.63) is 34.9 Å². The molecule has 0 aliphatic carbocycles. The van der Waals surface area contributed by atoms with Crippen molar-refractivity contribution in [1.82, 2.24) is 5.32 Å². The first-order valence-electron chi connectivity index (χ1n) is 4.97. The van der Waals surface area contributed by atoms with Crippen molar-refractivity contribution in [2.75, 3.05) is 0 Å². The maximum absolute atomic E-state index is 11.7. The van der Waals surface area contributed by atoms with E-state index in [1.807, 2.05) is 0 Å². The highest BCUT2D eigenvalue weighted by Gasteiger charge is 2.21. The van der Waals surface area contributed by atoms with Crippen LogP contribution in [0.25, 0.3) is 0 Å². The average Bonchev–Trinajstić information content (AvgIpc) is 2.28. The second-order valence-corrected chi connectivity index (χ2v) is 3.97. The molecule has 2 amide bonds. The largest absolute Gasteiger partial charge is 0.481 e. The third-order valence-electron chi connectivity index (χ3n) is 2.13. The van der Waals surface area contributed by atoms with Crippen LogP contribution in [0.15, 0.2) is 24.3 Å². The van der Waals surface area contributed by atoms with E-state index in [-0.39, 0.29) is 5.56 Å². The van der Waals surface area contributed by atoms with Crippen LogP contribution < -0.4 is 11.1 Å². The standard InChI is InChI=1S/C11H11ClN2O4/c12-7-3-1-6(2-4-7)11(18)14-8(10(13)17)5-9(15)16/h1-4,8H,5H2,(H2,13,17)(H,14,18)(H,15,16)/t8-/m0/s1. The van der Waals surface area contributed by atoms with Gasteiger partial charge in [0.2, 0.25) is 5.91 Å². The van der Waals surface area contributed by atoms with E-state index < -0.39 is 30.2 Å². The van der Waals surface area contributed by atoms with Crippen molar-refractivity contribution in [3.63, 3.8) is 0 Å². The van der Waals surface area contributed by atoms with Gasteiger partial charge in [-0.3, -0.25) is 14.4 Å². The van der Waals surface area contributed by atoms with Crippen molar-refractivity contribution in [2.24, 2.45) is 5.73 Å². The number of carboxylic acids is 1. The number of carbonyl (C=O) groups excluding carboxylic acids is 2. The Labute approximate surface area is 108 Å². The SMILES string of the molecule is NC(=O)[C@H](CC(=O)O)NC(=O)c1ccc(Cl)cc1. The first-order chi connectivity index (χ1) is 8.40. The fraction of sp³-hybridized carbons (Fsp3) is 0.182. The van der Waals surface area contributed by atoms with E-state index in [1.165, 1.54) is 24.3 Å². The van der Waals surface area contributed by atoms with Gasteiger partial charge >= 0.3 is 5.97 Å². The molecule has 0 heterocycles. The zero-order valence-corrected chi connectivity index (χ0v) is 9.98. The molecule has 0 saturated heterocycles. The molecule has 0 fully saturated rings. The number of primary amides is 1. The summed E-state index contributed by atoms with van der Waals surface area (Å²) in [6, 6.07) is 4.68. The number of amides is 2. The van der Waals surface area contributed by atoms with E-state index in [2.05, 4.69) is 5.32 Å². The lowest BCUT2D eigenvalue weighted by atomic mass is 10.1. The quantitative estimate of drug-likeness (QED) is 0.719. The van der Waals surface area contributed by atoms with Crippen molar-refractivity contribution in [3.8, 4) is 0 Å². The zero-order valence-electron chi connectivity index (χ0n) is 9.22. The van der Waals surface area contributed by atoms with Gasteiger partial charge in [0.15, 0.2) is 0 Å². The Kier molecular flexibility index (Phi) is 4.67. The van der Waals surface area contributed by atoms with E-state index in [0.29, 0.717) is 5.02 Å². The number of nitrogens with one attached hydrogen (secondary N) is 1. The minimum absolute atomic E-state index is 0.260. The highest BCUT2D eigenvalue weighted by Crippen LogP contribution is 2.09. The molecule has 0 saturated carbocycles. The van der Waals surface area contributed by atoms with Crippen LogP contribution >= 0.6 is 11.6 Å². The van der Waals surface area contributed by atoms with Crippen molar-refractivity contribution >= 4 is 29.4 Å². The van der Waals surface area contributed by atoms with Gasteiger partial charge < -0.3 is 16.2 Å². The molecule has 18 heavy (non-hydrogen) atoms. The Bertz CT molecular complexity index is 472. The molecule has 4 N–H and O–H groups in total. The molecule has 0 aliphatic heterocycles.